The van der Waals surface area contributed by atoms with Crippen LogP contribution in [0.5, 0.6) is 5.75 Å². The number of ether oxygens (including phenoxy) is 2. The summed E-state index contributed by atoms with van der Waals surface area (Å²) < 4.78 is 38.2. The Labute approximate surface area is 112 Å². The minimum absolute atomic E-state index is 0.0420. The fourth-order valence-electron chi connectivity index (χ4n) is 2.30. The van der Waals surface area contributed by atoms with Gasteiger partial charge in [-0.1, -0.05) is 13.8 Å². The lowest BCUT2D eigenvalue weighted by molar-refractivity contribution is 0.0235. The minimum atomic E-state index is -0.609. The van der Waals surface area contributed by atoms with E-state index in [9.17, 15) is 8.78 Å². The van der Waals surface area contributed by atoms with E-state index in [1.165, 1.54) is 6.07 Å². The topological polar surface area (TPSA) is 18.5 Å². The molecule has 19 heavy (non-hydrogen) atoms. The molecule has 0 aromatic heterocycles. The van der Waals surface area contributed by atoms with Gasteiger partial charge in [-0.05, 0) is 18.4 Å². The normalized spacial score (nSPS) is 16.9. The molecule has 1 aromatic carbocycles. The van der Waals surface area contributed by atoms with Crippen molar-refractivity contribution < 1.29 is 18.3 Å². The summed E-state index contributed by atoms with van der Waals surface area (Å²) in [5.74, 6) is -0.630. The Morgan fingerprint density at radius 2 is 1.95 bits per heavy atom. The lowest BCUT2D eigenvalue weighted by atomic mass is 10.0. The minimum Gasteiger partial charge on any atom is -0.487 e. The third-order valence-electron chi connectivity index (χ3n) is 3.17. The van der Waals surface area contributed by atoms with Crippen LogP contribution in [-0.4, -0.2) is 19.3 Å². The van der Waals surface area contributed by atoms with Crippen molar-refractivity contribution in [2.75, 3.05) is 13.2 Å². The average molecular weight is 270 g/mol. The fraction of sp³-hybridized carbons (Fsp3) is 0.600. The number of hydrogen-bond acceptors (Lipinski definition) is 2. The molecule has 4 heteroatoms. The molecule has 1 heterocycles. The van der Waals surface area contributed by atoms with Crippen LogP contribution in [-0.2, 0) is 11.2 Å². The van der Waals surface area contributed by atoms with Crippen LogP contribution in [0.15, 0.2) is 12.1 Å². The van der Waals surface area contributed by atoms with Crippen molar-refractivity contribution in [3.8, 4) is 5.75 Å². The highest BCUT2D eigenvalue weighted by Crippen LogP contribution is 2.29. The quantitative estimate of drug-likeness (QED) is 0.830. The van der Waals surface area contributed by atoms with Gasteiger partial charge in [0.15, 0.2) is 11.6 Å². The predicted octanol–water partition coefficient (Wildman–Crippen LogP) is 3.72. The van der Waals surface area contributed by atoms with E-state index < -0.39 is 11.6 Å². The average Bonchev–Trinajstić information content (AvgIpc) is 2.34. The number of halogens is 2. The summed E-state index contributed by atoms with van der Waals surface area (Å²) in [6, 6.07) is 2.26. The van der Waals surface area contributed by atoms with Gasteiger partial charge in [0, 0.05) is 24.5 Å². The van der Waals surface area contributed by atoms with Crippen LogP contribution in [0.3, 0.4) is 0 Å². The van der Waals surface area contributed by atoms with Gasteiger partial charge in [-0.15, -0.1) is 0 Å². The van der Waals surface area contributed by atoms with E-state index in [2.05, 4.69) is 0 Å². The van der Waals surface area contributed by atoms with Crippen molar-refractivity contribution in [3.05, 3.63) is 29.3 Å². The van der Waals surface area contributed by atoms with Gasteiger partial charge < -0.3 is 9.47 Å². The number of benzene rings is 1. The summed E-state index contributed by atoms with van der Waals surface area (Å²) in [4.78, 5) is 0. The molecule has 0 saturated carbocycles. The van der Waals surface area contributed by atoms with E-state index >= 15 is 0 Å². The van der Waals surface area contributed by atoms with Gasteiger partial charge in [-0.25, -0.2) is 8.78 Å². The van der Waals surface area contributed by atoms with Crippen molar-refractivity contribution in [1.29, 1.82) is 0 Å². The smallest absolute Gasteiger partial charge is 0.168 e. The summed E-state index contributed by atoms with van der Waals surface area (Å²) in [5.41, 5.74) is 0.610. The van der Waals surface area contributed by atoms with Crippen LogP contribution < -0.4 is 4.74 Å². The zero-order valence-corrected chi connectivity index (χ0v) is 11.4. The maximum atomic E-state index is 13.9. The standard InChI is InChI=1S/C15H20F2O2/c1-10(2)7-11-8-12(16)9-14(17)15(11)19-13-3-5-18-6-4-13/h8-10,13H,3-7H2,1-2H3. The Balaban J connectivity index is 2.20. The molecule has 106 valence electrons. The second-order valence-electron chi connectivity index (χ2n) is 5.40. The van der Waals surface area contributed by atoms with Crippen LogP contribution in [0.25, 0.3) is 0 Å². The SMILES string of the molecule is CC(C)Cc1cc(F)cc(F)c1OC1CCOCC1. The predicted molar refractivity (Wildman–Crippen MR) is 69.4 cm³/mol. The molecule has 0 N–H and O–H groups in total. The lowest BCUT2D eigenvalue weighted by Gasteiger charge is -2.25. The summed E-state index contributed by atoms with van der Waals surface area (Å²) in [7, 11) is 0. The molecular formula is C15H20F2O2. The third-order valence-corrected chi connectivity index (χ3v) is 3.17. The molecule has 1 aromatic rings. The highest BCUT2D eigenvalue weighted by Gasteiger charge is 2.20. The van der Waals surface area contributed by atoms with Gasteiger partial charge in [-0.2, -0.15) is 0 Å². The zero-order chi connectivity index (χ0) is 13.8. The highest BCUT2D eigenvalue weighted by atomic mass is 19.1. The summed E-state index contributed by atoms with van der Waals surface area (Å²) >= 11 is 0. The second-order valence-corrected chi connectivity index (χ2v) is 5.40. The van der Waals surface area contributed by atoms with E-state index in [4.69, 9.17) is 9.47 Å². The maximum Gasteiger partial charge on any atom is 0.168 e. The second kappa shape index (κ2) is 6.33. The first-order chi connectivity index (χ1) is 9.06. The van der Waals surface area contributed by atoms with Gasteiger partial charge in [-0.3, -0.25) is 0 Å². The lowest BCUT2D eigenvalue weighted by Crippen LogP contribution is -2.26. The molecule has 1 fully saturated rings. The summed E-state index contributed by atoms with van der Waals surface area (Å²) in [6.45, 7) is 5.29. The van der Waals surface area contributed by atoms with E-state index in [1.807, 2.05) is 13.8 Å². The van der Waals surface area contributed by atoms with Crippen molar-refractivity contribution in [3.63, 3.8) is 0 Å². The first-order valence-electron chi connectivity index (χ1n) is 6.78. The van der Waals surface area contributed by atoms with Gasteiger partial charge in [0.25, 0.3) is 0 Å². The van der Waals surface area contributed by atoms with Crippen LogP contribution in [0, 0.1) is 17.6 Å². The molecule has 1 aliphatic heterocycles. The van der Waals surface area contributed by atoms with Gasteiger partial charge in [0.2, 0.25) is 0 Å². The Morgan fingerprint density at radius 3 is 2.58 bits per heavy atom. The highest BCUT2D eigenvalue weighted by molar-refractivity contribution is 5.36. The first-order valence-corrected chi connectivity index (χ1v) is 6.78. The Kier molecular flexibility index (Phi) is 4.75. The molecule has 0 amide bonds. The summed E-state index contributed by atoms with van der Waals surface area (Å²) in [5, 5.41) is 0. The monoisotopic (exact) mass is 270 g/mol. The molecule has 0 atom stereocenters. The van der Waals surface area contributed by atoms with Crippen LogP contribution in [0.2, 0.25) is 0 Å². The molecule has 0 bridgehead atoms. The molecule has 2 nitrogen and oxygen atoms in total. The Hall–Kier alpha value is -1.16. The van der Waals surface area contributed by atoms with E-state index in [0.717, 1.165) is 18.9 Å². The molecule has 1 aliphatic rings. The maximum absolute atomic E-state index is 13.9. The molecule has 1 saturated heterocycles. The largest absolute Gasteiger partial charge is 0.487 e. The Morgan fingerprint density at radius 1 is 1.26 bits per heavy atom. The molecular weight excluding hydrogens is 250 g/mol. The van der Waals surface area contributed by atoms with E-state index in [0.29, 0.717) is 31.1 Å². The number of hydrogen-bond donors (Lipinski definition) is 0. The first kappa shape index (κ1) is 14.3. The Bertz CT molecular complexity index is 426. The van der Waals surface area contributed by atoms with Crippen LogP contribution in [0.1, 0.15) is 32.3 Å². The zero-order valence-electron chi connectivity index (χ0n) is 11.4. The molecule has 0 radical (unpaired) electrons. The van der Waals surface area contributed by atoms with Crippen molar-refractivity contribution in [2.45, 2.75) is 39.2 Å². The van der Waals surface area contributed by atoms with Crippen molar-refractivity contribution in [2.24, 2.45) is 5.92 Å². The van der Waals surface area contributed by atoms with E-state index in [-0.39, 0.29) is 11.9 Å². The van der Waals surface area contributed by atoms with Crippen LogP contribution in [0.4, 0.5) is 8.78 Å². The molecule has 2 rings (SSSR count). The number of rotatable bonds is 4. The van der Waals surface area contributed by atoms with Gasteiger partial charge in [0.05, 0.1) is 13.2 Å². The molecule has 0 aliphatic carbocycles. The third kappa shape index (κ3) is 3.90. The van der Waals surface area contributed by atoms with Crippen molar-refractivity contribution >= 4 is 0 Å². The van der Waals surface area contributed by atoms with Crippen LogP contribution >= 0.6 is 0 Å². The fourth-order valence-corrected chi connectivity index (χ4v) is 2.30. The molecule has 0 spiro atoms. The summed E-state index contributed by atoms with van der Waals surface area (Å²) in [6.07, 6.45) is 2.06. The van der Waals surface area contributed by atoms with E-state index in [1.54, 1.807) is 0 Å². The molecule has 0 unspecified atom stereocenters. The van der Waals surface area contributed by atoms with Gasteiger partial charge in [0.1, 0.15) is 11.9 Å². The van der Waals surface area contributed by atoms with Crippen molar-refractivity contribution in [1.82, 2.24) is 0 Å². The van der Waals surface area contributed by atoms with Gasteiger partial charge >= 0.3 is 0 Å².